The van der Waals surface area contributed by atoms with Crippen LogP contribution >= 0.6 is 0 Å². The summed E-state index contributed by atoms with van der Waals surface area (Å²) >= 11 is 0. The molecule has 4 aliphatic heterocycles. The van der Waals surface area contributed by atoms with Crippen LogP contribution in [0.25, 0.3) is 0 Å². The lowest BCUT2D eigenvalue weighted by Gasteiger charge is -2.30. The number of methoxy groups -OCH3 is 2. The highest BCUT2D eigenvalue weighted by atomic mass is 16.7. The summed E-state index contributed by atoms with van der Waals surface area (Å²) in [5, 5.41) is 3.22. The van der Waals surface area contributed by atoms with Gasteiger partial charge in [0, 0.05) is 48.1 Å². The van der Waals surface area contributed by atoms with Crippen molar-refractivity contribution >= 4 is 29.7 Å². The molecule has 13 heteroatoms. The molecule has 4 aliphatic rings. The number of carbonyl (C=O) groups excluding carboxylic acids is 5. The standard InChI is InChI=1S/C14H19NO4.C6H12O3.C5H6O4.C4H9N/c1-10(6-9-15-7-4-5-8-15)11-12(16)18-14(2,3)19-13(11)17;1-5(7)4-6(8-2)9-3;1-3-8-4(6)2-5(7)9-3;1-2-4-5-3-1/h6,9H,4-5,7-8H2,1-3H3;6H,4H2,1-3H3;3H,2H2,1H3;5H,1-4H2/b9-6+;;;. The average molecular weight is 599 g/mol. The molecule has 0 amide bonds. The third-order valence-corrected chi connectivity index (χ3v) is 5.98. The molecule has 1 N–H and O–H groups in total. The number of nitrogens with one attached hydrogen (secondary N) is 1. The Morgan fingerprint density at radius 3 is 1.81 bits per heavy atom. The van der Waals surface area contributed by atoms with Gasteiger partial charge in [0.2, 0.25) is 6.29 Å². The molecule has 0 aromatic heterocycles. The fraction of sp³-hybridized carbons (Fsp3) is 0.690. The Labute approximate surface area is 247 Å². The van der Waals surface area contributed by atoms with Gasteiger partial charge in [-0.05, 0) is 70.5 Å². The van der Waals surface area contributed by atoms with Crippen LogP contribution in [0, 0.1) is 0 Å². The van der Waals surface area contributed by atoms with E-state index in [9.17, 15) is 24.0 Å². The van der Waals surface area contributed by atoms with E-state index in [2.05, 4.69) is 19.7 Å². The van der Waals surface area contributed by atoms with Gasteiger partial charge in [-0.1, -0.05) is 0 Å². The topological polar surface area (TPSA) is 156 Å². The molecule has 4 fully saturated rings. The highest BCUT2D eigenvalue weighted by Crippen LogP contribution is 2.25. The molecule has 4 heterocycles. The van der Waals surface area contributed by atoms with Gasteiger partial charge in [0.15, 0.2) is 6.29 Å². The van der Waals surface area contributed by atoms with Gasteiger partial charge in [0.1, 0.15) is 17.8 Å². The molecule has 0 spiro atoms. The first-order valence-corrected chi connectivity index (χ1v) is 14.0. The summed E-state index contributed by atoms with van der Waals surface area (Å²) < 4.78 is 28.6. The molecule has 0 radical (unpaired) electrons. The maximum atomic E-state index is 11.8. The van der Waals surface area contributed by atoms with Crippen LogP contribution in [0.3, 0.4) is 0 Å². The monoisotopic (exact) mass is 598 g/mol. The Kier molecular flexibility index (Phi) is 16.6. The summed E-state index contributed by atoms with van der Waals surface area (Å²) in [6.07, 6.45) is 7.80. The average Bonchev–Trinajstić information content (AvgIpc) is 3.62. The Bertz CT molecular complexity index is 930. The van der Waals surface area contributed by atoms with E-state index >= 15 is 0 Å². The smallest absolute Gasteiger partial charge is 0.349 e. The zero-order valence-electron chi connectivity index (χ0n) is 25.8. The molecule has 42 heavy (non-hydrogen) atoms. The van der Waals surface area contributed by atoms with E-state index < -0.39 is 36.0 Å². The van der Waals surface area contributed by atoms with Crippen molar-refractivity contribution in [2.45, 2.75) is 91.5 Å². The fourth-order valence-electron chi connectivity index (χ4n) is 3.88. The van der Waals surface area contributed by atoms with Gasteiger partial charge in [0.05, 0.1) is 6.42 Å². The second-order valence-electron chi connectivity index (χ2n) is 10.3. The maximum Gasteiger partial charge on any atom is 0.349 e. The number of carbonyl (C=O) groups is 5. The SMILES string of the molecule is C1CCNC1.CC(/C=C/N1CCCC1)=C1C(=O)OC(C)(C)OC1=O.CC1OC(=O)CC(=O)O1.COC(CC(C)=O)OC. The van der Waals surface area contributed by atoms with Crippen molar-refractivity contribution in [2.24, 2.45) is 0 Å². The van der Waals surface area contributed by atoms with Crippen LogP contribution in [0.15, 0.2) is 23.4 Å². The number of cyclic esters (lactones) is 4. The molecule has 0 saturated carbocycles. The third kappa shape index (κ3) is 15.1. The van der Waals surface area contributed by atoms with E-state index in [0.717, 1.165) is 13.1 Å². The number of hydrogen-bond donors (Lipinski definition) is 1. The molecule has 4 saturated heterocycles. The van der Waals surface area contributed by atoms with Gasteiger partial charge in [-0.25, -0.2) is 9.59 Å². The van der Waals surface area contributed by atoms with Crippen molar-refractivity contribution in [3.63, 3.8) is 0 Å². The Morgan fingerprint density at radius 1 is 0.952 bits per heavy atom. The zero-order chi connectivity index (χ0) is 31.7. The molecule has 0 bridgehead atoms. The van der Waals surface area contributed by atoms with E-state index in [0.29, 0.717) is 12.0 Å². The summed E-state index contributed by atoms with van der Waals surface area (Å²) in [6, 6.07) is 0. The first-order chi connectivity index (χ1) is 19.8. The normalized spacial score (nSPS) is 19.8. The van der Waals surface area contributed by atoms with Crippen LogP contribution in [0.5, 0.6) is 0 Å². The number of ketones is 1. The lowest BCUT2D eigenvalue weighted by atomic mass is 10.1. The third-order valence-electron chi connectivity index (χ3n) is 5.98. The molecule has 0 atom stereocenters. The molecule has 4 rings (SSSR count). The number of hydrogen-bond acceptors (Lipinski definition) is 13. The molecule has 0 aliphatic carbocycles. The van der Waals surface area contributed by atoms with E-state index in [4.69, 9.17) is 18.9 Å². The predicted molar refractivity (Wildman–Crippen MR) is 150 cm³/mol. The van der Waals surface area contributed by atoms with Crippen molar-refractivity contribution in [2.75, 3.05) is 40.4 Å². The molecular weight excluding hydrogens is 552 g/mol. The highest BCUT2D eigenvalue weighted by molar-refractivity contribution is 6.16. The lowest BCUT2D eigenvalue weighted by molar-refractivity contribution is -0.222. The van der Waals surface area contributed by atoms with Gasteiger partial charge in [0.25, 0.3) is 5.79 Å². The van der Waals surface area contributed by atoms with E-state index in [1.54, 1.807) is 13.0 Å². The summed E-state index contributed by atoms with van der Waals surface area (Å²) in [5.41, 5.74) is 0.548. The van der Waals surface area contributed by atoms with Gasteiger partial charge in [-0.3, -0.25) is 14.4 Å². The number of allylic oxidation sites excluding steroid dienone is 2. The minimum Gasteiger partial charge on any atom is -0.425 e. The molecule has 0 unspecified atom stereocenters. The second-order valence-corrected chi connectivity index (χ2v) is 10.3. The van der Waals surface area contributed by atoms with Crippen LogP contribution in [0.2, 0.25) is 0 Å². The molecule has 13 nitrogen and oxygen atoms in total. The van der Waals surface area contributed by atoms with E-state index in [-0.39, 0.29) is 24.1 Å². The lowest BCUT2D eigenvalue weighted by Crippen LogP contribution is -2.42. The van der Waals surface area contributed by atoms with Gasteiger partial charge >= 0.3 is 23.9 Å². The van der Waals surface area contributed by atoms with Gasteiger partial charge < -0.3 is 38.6 Å². The van der Waals surface area contributed by atoms with Crippen molar-refractivity contribution in [3.05, 3.63) is 23.4 Å². The number of rotatable bonds is 6. The number of nitrogens with zero attached hydrogens (tertiary/aromatic N) is 1. The zero-order valence-corrected chi connectivity index (χ0v) is 25.8. The number of likely N-dealkylation sites (tertiary alicyclic amines) is 1. The highest BCUT2D eigenvalue weighted by Gasteiger charge is 2.39. The Balaban J connectivity index is 0.000000319. The largest absolute Gasteiger partial charge is 0.425 e. The Morgan fingerprint density at radius 2 is 1.45 bits per heavy atom. The number of esters is 4. The van der Waals surface area contributed by atoms with Crippen LogP contribution in [0.4, 0.5) is 0 Å². The summed E-state index contributed by atoms with van der Waals surface area (Å²) in [6.45, 7) is 12.3. The van der Waals surface area contributed by atoms with Gasteiger partial charge in [-0.15, -0.1) is 0 Å². The van der Waals surface area contributed by atoms with Crippen LogP contribution in [-0.2, 0) is 52.4 Å². The fourth-order valence-corrected chi connectivity index (χ4v) is 3.88. The molecular formula is C29H46N2O11. The van der Waals surface area contributed by atoms with Gasteiger partial charge in [-0.2, -0.15) is 0 Å². The summed E-state index contributed by atoms with van der Waals surface area (Å²) in [7, 11) is 3.02. The quantitative estimate of drug-likeness (QED) is 0.157. The number of ether oxygens (including phenoxy) is 6. The van der Waals surface area contributed by atoms with Crippen LogP contribution in [0.1, 0.15) is 73.1 Å². The van der Waals surface area contributed by atoms with Crippen LogP contribution < -0.4 is 5.32 Å². The summed E-state index contributed by atoms with van der Waals surface area (Å²) in [4.78, 5) is 57.0. The molecule has 0 aromatic carbocycles. The Hall–Kier alpha value is -3.29. The minimum absolute atomic E-state index is 0.0187. The second kappa shape index (κ2) is 19.0. The molecule has 238 valence electrons. The first kappa shape index (κ1) is 36.7. The van der Waals surface area contributed by atoms with Crippen molar-refractivity contribution < 1.29 is 52.4 Å². The van der Waals surface area contributed by atoms with E-state index in [1.165, 1.54) is 80.7 Å². The van der Waals surface area contributed by atoms with Crippen molar-refractivity contribution in [1.29, 1.82) is 0 Å². The van der Waals surface area contributed by atoms with Crippen LogP contribution in [-0.4, -0.2) is 93.3 Å². The summed E-state index contributed by atoms with van der Waals surface area (Å²) in [5.74, 6) is -3.38. The number of Topliss-reactive ketones (excluding diaryl/α,β-unsaturated/α-hetero) is 1. The van der Waals surface area contributed by atoms with Crippen molar-refractivity contribution in [1.82, 2.24) is 10.2 Å². The van der Waals surface area contributed by atoms with Crippen molar-refractivity contribution in [3.8, 4) is 0 Å². The first-order valence-electron chi connectivity index (χ1n) is 14.0. The predicted octanol–water partition coefficient (Wildman–Crippen LogP) is 2.53. The molecule has 0 aromatic rings. The van der Waals surface area contributed by atoms with E-state index in [1.807, 2.05) is 6.20 Å². The minimum atomic E-state index is -1.18. The maximum absolute atomic E-state index is 11.8.